The third-order valence-electron chi connectivity index (χ3n) is 2.91. The van der Waals surface area contributed by atoms with E-state index in [4.69, 9.17) is 11.5 Å². The Morgan fingerprint density at radius 2 is 2.13 bits per heavy atom. The van der Waals surface area contributed by atoms with Crippen molar-refractivity contribution in [2.45, 2.75) is 44.7 Å². The van der Waals surface area contributed by atoms with Crippen LogP contribution in [0.3, 0.4) is 0 Å². The zero-order valence-electron chi connectivity index (χ0n) is 9.79. The third-order valence-corrected chi connectivity index (χ3v) is 2.91. The van der Waals surface area contributed by atoms with Crippen molar-refractivity contribution in [1.82, 2.24) is 5.32 Å². The summed E-state index contributed by atoms with van der Waals surface area (Å²) in [5.74, 6) is 0. The highest BCUT2D eigenvalue weighted by atomic mass is 15.0. The molecule has 86 valence electrons. The fourth-order valence-electron chi connectivity index (χ4n) is 2.05. The molecular formula is C12H23N3. The standard InChI is InChI=1S/C12H23N3/c1-3-6-12(15-8-4-2)7-5-10(13)9-11(12)14/h5,7,9,11,15H,3-4,6,8,13-14H2,1-2H3. The molecule has 0 aromatic heterocycles. The number of hydrogen-bond donors (Lipinski definition) is 3. The van der Waals surface area contributed by atoms with Crippen LogP contribution in [-0.4, -0.2) is 18.1 Å². The minimum atomic E-state index is -0.0897. The zero-order chi connectivity index (χ0) is 11.3. The van der Waals surface area contributed by atoms with Gasteiger partial charge in [-0.25, -0.2) is 0 Å². The summed E-state index contributed by atoms with van der Waals surface area (Å²) in [4.78, 5) is 0. The van der Waals surface area contributed by atoms with Gasteiger partial charge in [-0.3, -0.25) is 0 Å². The van der Waals surface area contributed by atoms with E-state index >= 15 is 0 Å². The van der Waals surface area contributed by atoms with E-state index in [2.05, 4.69) is 25.2 Å². The molecular weight excluding hydrogens is 186 g/mol. The molecule has 0 bridgehead atoms. The van der Waals surface area contributed by atoms with E-state index in [-0.39, 0.29) is 11.6 Å². The van der Waals surface area contributed by atoms with Crippen molar-refractivity contribution in [2.75, 3.05) is 6.54 Å². The molecule has 0 aromatic rings. The minimum absolute atomic E-state index is 0.0194. The number of nitrogens with one attached hydrogen (secondary N) is 1. The van der Waals surface area contributed by atoms with Crippen LogP contribution in [0.1, 0.15) is 33.1 Å². The lowest BCUT2D eigenvalue weighted by Gasteiger charge is -2.38. The van der Waals surface area contributed by atoms with Gasteiger partial charge in [-0.1, -0.05) is 26.3 Å². The molecule has 0 saturated carbocycles. The van der Waals surface area contributed by atoms with E-state index in [1.807, 2.05) is 12.2 Å². The zero-order valence-corrected chi connectivity index (χ0v) is 9.79. The molecule has 0 aromatic carbocycles. The van der Waals surface area contributed by atoms with Crippen LogP contribution in [0.25, 0.3) is 0 Å². The van der Waals surface area contributed by atoms with Crippen molar-refractivity contribution in [3.05, 3.63) is 23.9 Å². The molecule has 1 aliphatic carbocycles. The van der Waals surface area contributed by atoms with Crippen molar-refractivity contribution in [3.8, 4) is 0 Å². The third kappa shape index (κ3) is 2.83. The summed E-state index contributed by atoms with van der Waals surface area (Å²) < 4.78 is 0. The minimum Gasteiger partial charge on any atom is -0.399 e. The van der Waals surface area contributed by atoms with Gasteiger partial charge in [0.1, 0.15) is 0 Å². The van der Waals surface area contributed by atoms with E-state index in [1.165, 1.54) is 0 Å². The normalized spacial score (nSPS) is 30.3. The molecule has 3 heteroatoms. The van der Waals surface area contributed by atoms with Gasteiger partial charge in [-0.15, -0.1) is 0 Å². The van der Waals surface area contributed by atoms with Crippen molar-refractivity contribution in [3.63, 3.8) is 0 Å². The van der Waals surface area contributed by atoms with Crippen LogP contribution in [0.5, 0.6) is 0 Å². The number of rotatable bonds is 5. The van der Waals surface area contributed by atoms with Gasteiger partial charge in [0, 0.05) is 11.7 Å². The summed E-state index contributed by atoms with van der Waals surface area (Å²) in [7, 11) is 0. The Balaban J connectivity index is 2.77. The summed E-state index contributed by atoms with van der Waals surface area (Å²) in [6.45, 7) is 5.33. The van der Waals surface area contributed by atoms with E-state index in [0.29, 0.717) is 0 Å². The van der Waals surface area contributed by atoms with E-state index < -0.39 is 0 Å². The van der Waals surface area contributed by atoms with Gasteiger partial charge < -0.3 is 16.8 Å². The maximum absolute atomic E-state index is 6.16. The van der Waals surface area contributed by atoms with E-state index in [1.54, 1.807) is 0 Å². The van der Waals surface area contributed by atoms with E-state index in [9.17, 15) is 0 Å². The largest absolute Gasteiger partial charge is 0.399 e. The molecule has 0 spiro atoms. The fourth-order valence-corrected chi connectivity index (χ4v) is 2.05. The maximum Gasteiger partial charge on any atom is 0.0558 e. The fraction of sp³-hybridized carbons (Fsp3) is 0.667. The quantitative estimate of drug-likeness (QED) is 0.639. The summed E-state index contributed by atoms with van der Waals surface area (Å²) in [5.41, 5.74) is 12.6. The summed E-state index contributed by atoms with van der Waals surface area (Å²) in [6, 6.07) is -0.0194. The topological polar surface area (TPSA) is 64.1 Å². The SMILES string of the molecule is CCCNC1(CCC)C=CC(N)=CC1N. The molecule has 0 heterocycles. The first kappa shape index (κ1) is 12.3. The Kier molecular flexibility index (Phi) is 4.36. The average Bonchev–Trinajstić information content (AvgIpc) is 2.21. The van der Waals surface area contributed by atoms with Gasteiger partial charge in [-0.2, -0.15) is 0 Å². The first-order chi connectivity index (χ1) is 7.14. The lowest BCUT2D eigenvalue weighted by atomic mass is 9.82. The molecule has 0 radical (unpaired) electrons. The molecule has 0 saturated heterocycles. The highest BCUT2D eigenvalue weighted by Crippen LogP contribution is 2.23. The molecule has 5 N–H and O–H groups in total. The predicted molar refractivity (Wildman–Crippen MR) is 65.3 cm³/mol. The first-order valence-electron chi connectivity index (χ1n) is 5.81. The molecule has 2 unspecified atom stereocenters. The Hall–Kier alpha value is -0.800. The molecule has 3 nitrogen and oxygen atoms in total. The van der Waals surface area contributed by atoms with Crippen LogP contribution in [0.2, 0.25) is 0 Å². The second-order valence-electron chi connectivity index (χ2n) is 4.24. The van der Waals surface area contributed by atoms with Gasteiger partial charge in [-0.05, 0) is 31.5 Å². The molecule has 0 aliphatic heterocycles. The summed E-state index contributed by atoms with van der Waals surface area (Å²) >= 11 is 0. The maximum atomic E-state index is 6.16. The van der Waals surface area contributed by atoms with Crippen LogP contribution >= 0.6 is 0 Å². The second-order valence-corrected chi connectivity index (χ2v) is 4.24. The van der Waals surface area contributed by atoms with Gasteiger partial charge in [0.25, 0.3) is 0 Å². The molecule has 15 heavy (non-hydrogen) atoms. The van der Waals surface area contributed by atoms with Crippen LogP contribution in [0.15, 0.2) is 23.9 Å². The van der Waals surface area contributed by atoms with Crippen LogP contribution in [0.4, 0.5) is 0 Å². The lowest BCUT2D eigenvalue weighted by molar-refractivity contribution is 0.335. The smallest absolute Gasteiger partial charge is 0.0558 e. The van der Waals surface area contributed by atoms with Gasteiger partial charge in [0.05, 0.1) is 5.54 Å². The van der Waals surface area contributed by atoms with Crippen LogP contribution in [0, 0.1) is 0 Å². The van der Waals surface area contributed by atoms with Crippen molar-refractivity contribution < 1.29 is 0 Å². The monoisotopic (exact) mass is 209 g/mol. The molecule has 0 fully saturated rings. The van der Waals surface area contributed by atoms with E-state index in [0.717, 1.165) is 31.5 Å². The Morgan fingerprint density at radius 3 is 2.67 bits per heavy atom. The first-order valence-corrected chi connectivity index (χ1v) is 5.81. The molecule has 1 aliphatic rings. The summed E-state index contributed by atoms with van der Waals surface area (Å²) in [6.07, 6.45) is 9.31. The highest BCUT2D eigenvalue weighted by molar-refractivity contribution is 5.32. The second kappa shape index (κ2) is 5.33. The molecule has 2 atom stereocenters. The van der Waals surface area contributed by atoms with Crippen molar-refractivity contribution in [2.24, 2.45) is 11.5 Å². The van der Waals surface area contributed by atoms with Crippen molar-refractivity contribution >= 4 is 0 Å². The number of allylic oxidation sites excluding steroid dienone is 1. The predicted octanol–water partition coefficient (Wildman–Crippen LogP) is 1.26. The average molecular weight is 209 g/mol. The van der Waals surface area contributed by atoms with Crippen LogP contribution in [-0.2, 0) is 0 Å². The number of hydrogen-bond acceptors (Lipinski definition) is 3. The van der Waals surface area contributed by atoms with Gasteiger partial charge in [0.15, 0.2) is 0 Å². The summed E-state index contributed by atoms with van der Waals surface area (Å²) in [5, 5.41) is 3.54. The Morgan fingerprint density at radius 1 is 1.40 bits per heavy atom. The number of nitrogens with two attached hydrogens (primary N) is 2. The Bertz CT molecular complexity index is 258. The highest BCUT2D eigenvalue weighted by Gasteiger charge is 2.33. The lowest BCUT2D eigenvalue weighted by Crippen LogP contribution is -2.57. The van der Waals surface area contributed by atoms with Crippen molar-refractivity contribution in [1.29, 1.82) is 0 Å². The molecule has 1 rings (SSSR count). The van der Waals surface area contributed by atoms with Gasteiger partial charge in [0.2, 0.25) is 0 Å². The molecule has 0 amide bonds. The Labute approximate surface area is 92.6 Å². The van der Waals surface area contributed by atoms with Crippen LogP contribution < -0.4 is 16.8 Å². The van der Waals surface area contributed by atoms with Gasteiger partial charge >= 0.3 is 0 Å².